The van der Waals surface area contributed by atoms with Gasteiger partial charge >= 0.3 is 5.97 Å². The van der Waals surface area contributed by atoms with Gasteiger partial charge in [-0.2, -0.15) is 0 Å². The number of rotatable bonds is 4. The molecule has 1 saturated heterocycles. The monoisotopic (exact) mass is 297 g/mol. The largest absolute Gasteiger partial charge is 0.494 e. The van der Waals surface area contributed by atoms with Crippen molar-refractivity contribution in [2.75, 3.05) is 20.8 Å². The first-order valence-corrected chi connectivity index (χ1v) is 6.38. The first kappa shape index (κ1) is 15.2. The molecular formula is C14H16FNO5. The lowest BCUT2D eigenvalue weighted by Gasteiger charge is -2.21. The molecule has 1 aromatic rings. The van der Waals surface area contributed by atoms with Crippen molar-refractivity contribution in [3.8, 4) is 5.75 Å². The van der Waals surface area contributed by atoms with Gasteiger partial charge in [0.25, 0.3) is 5.91 Å². The summed E-state index contributed by atoms with van der Waals surface area (Å²) in [4.78, 5) is 24.8. The zero-order valence-electron chi connectivity index (χ0n) is 11.7. The SMILES string of the molecule is COc1ccc(C(=O)N2CC(OC)CC2C(=O)O)cc1F. The lowest BCUT2D eigenvalue weighted by molar-refractivity contribution is -0.141. The maximum absolute atomic E-state index is 13.7. The second-order valence-electron chi connectivity index (χ2n) is 4.75. The molecule has 1 aliphatic heterocycles. The number of halogens is 1. The minimum Gasteiger partial charge on any atom is -0.494 e. The van der Waals surface area contributed by atoms with E-state index in [-0.39, 0.29) is 30.4 Å². The molecule has 1 heterocycles. The molecule has 0 bridgehead atoms. The zero-order valence-corrected chi connectivity index (χ0v) is 11.7. The van der Waals surface area contributed by atoms with E-state index in [9.17, 15) is 19.1 Å². The maximum Gasteiger partial charge on any atom is 0.326 e. The van der Waals surface area contributed by atoms with Crippen LogP contribution >= 0.6 is 0 Å². The van der Waals surface area contributed by atoms with Crippen LogP contribution in [0.1, 0.15) is 16.8 Å². The van der Waals surface area contributed by atoms with Crippen LogP contribution < -0.4 is 4.74 Å². The van der Waals surface area contributed by atoms with Crippen LogP contribution in [-0.2, 0) is 9.53 Å². The second kappa shape index (κ2) is 6.09. The topological polar surface area (TPSA) is 76.1 Å². The van der Waals surface area contributed by atoms with Crippen LogP contribution in [0.25, 0.3) is 0 Å². The van der Waals surface area contributed by atoms with Crippen molar-refractivity contribution < 1.29 is 28.6 Å². The van der Waals surface area contributed by atoms with E-state index in [1.54, 1.807) is 0 Å². The first-order chi connectivity index (χ1) is 9.97. The number of hydrogen-bond donors (Lipinski definition) is 1. The molecule has 2 rings (SSSR count). The third-order valence-electron chi connectivity index (χ3n) is 3.54. The second-order valence-corrected chi connectivity index (χ2v) is 4.75. The van der Waals surface area contributed by atoms with Gasteiger partial charge in [-0.3, -0.25) is 4.79 Å². The van der Waals surface area contributed by atoms with Gasteiger partial charge in [-0.1, -0.05) is 0 Å². The molecule has 2 atom stereocenters. The van der Waals surface area contributed by atoms with Crippen molar-refractivity contribution >= 4 is 11.9 Å². The van der Waals surface area contributed by atoms with E-state index in [2.05, 4.69) is 0 Å². The molecule has 0 radical (unpaired) electrons. The summed E-state index contributed by atoms with van der Waals surface area (Å²) in [5.41, 5.74) is 0.0799. The van der Waals surface area contributed by atoms with Crippen LogP contribution in [0.2, 0.25) is 0 Å². The van der Waals surface area contributed by atoms with Crippen LogP contribution in [0.4, 0.5) is 4.39 Å². The number of carbonyl (C=O) groups is 2. The Morgan fingerprint density at radius 1 is 1.38 bits per heavy atom. The van der Waals surface area contributed by atoms with E-state index in [4.69, 9.17) is 9.47 Å². The lowest BCUT2D eigenvalue weighted by Crippen LogP contribution is -2.40. The van der Waals surface area contributed by atoms with Gasteiger partial charge in [0.2, 0.25) is 0 Å². The zero-order chi connectivity index (χ0) is 15.6. The van der Waals surface area contributed by atoms with Crippen molar-refractivity contribution in [3.63, 3.8) is 0 Å². The fourth-order valence-corrected chi connectivity index (χ4v) is 2.39. The summed E-state index contributed by atoms with van der Waals surface area (Å²) in [6, 6.07) is 2.82. The van der Waals surface area contributed by atoms with Gasteiger partial charge in [-0.05, 0) is 18.2 Å². The van der Waals surface area contributed by atoms with E-state index in [0.717, 1.165) is 6.07 Å². The van der Waals surface area contributed by atoms with Gasteiger partial charge in [0, 0.05) is 25.6 Å². The first-order valence-electron chi connectivity index (χ1n) is 6.38. The summed E-state index contributed by atoms with van der Waals surface area (Å²) in [5.74, 6) is -2.28. The minimum absolute atomic E-state index is 0.0255. The van der Waals surface area contributed by atoms with Crippen LogP contribution in [0.3, 0.4) is 0 Å². The number of carboxylic acids is 1. The molecule has 1 N–H and O–H groups in total. The fraction of sp³-hybridized carbons (Fsp3) is 0.429. The number of hydrogen-bond acceptors (Lipinski definition) is 4. The highest BCUT2D eigenvalue weighted by molar-refractivity contribution is 5.97. The average Bonchev–Trinajstić information content (AvgIpc) is 2.90. The summed E-state index contributed by atoms with van der Waals surface area (Å²) < 4.78 is 23.6. The molecule has 21 heavy (non-hydrogen) atoms. The van der Waals surface area contributed by atoms with E-state index < -0.39 is 23.7 Å². The molecule has 7 heteroatoms. The predicted octanol–water partition coefficient (Wildman–Crippen LogP) is 1.15. The Balaban J connectivity index is 2.25. The standard InChI is InChI=1S/C14H16FNO5/c1-20-9-6-11(14(18)19)16(7-9)13(17)8-3-4-12(21-2)10(15)5-8/h3-5,9,11H,6-7H2,1-2H3,(H,18,19). The van der Waals surface area contributed by atoms with Crippen molar-refractivity contribution in [2.45, 2.75) is 18.6 Å². The van der Waals surface area contributed by atoms with E-state index >= 15 is 0 Å². The highest BCUT2D eigenvalue weighted by Crippen LogP contribution is 2.24. The Morgan fingerprint density at radius 3 is 2.62 bits per heavy atom. The molecular weight excluding hydrogens is 281 g/mol. The molecule has 1 aliphatic rings. The Bertz CT molecular complexity index is 562. The molecule has 6 nitrogen and oxygen atoms in total. The summed E-state index contributed by atoms with van der Waals surface area (Å²) in [5, 5.41) is 9.19. The maximum atomic E-state index is 13.7. The van der Waals surface area contributed by atoms with Crippen LogP contribution in [0.5, 0.6) is 5.75 Å². The van der Waals surface area contributed by atoms with Gasteiger partial charge in [-0.25, -0.2) is 9.18 Å². The van der Waals surface area contributed by atoms with Crippen molar-refractivity contribution in [3.05, 3.63) is 29.6 Å². The van der Waals surface area contributed by atoms with E-state index in [1.807, 2.05) is 0 Å². The molecule has 0 saturated carbocycles. The molecule has 0 spiro atoms. The van der Waals surface area contributed by atoms with Gasteiger partial charge in [0.1, 0.15) is 6.04 Å². The minimum atomic E-state index is -1.10. The number of aliphatic carboxylic acids is 1. The number of amides is 1. The molecule has 1 amide bonds. The Hall–Kier alpha value is -2.15. The van der Waals surface area contributed by atoms with Crippen molar-refractivity contribution in [2.24, 2.45) is 0 Å². The molecule has 114 valence electrons. The number of methoxy groups -OCH3 is 2. The molecule has 1 fully saturated rings. The predicted molar refractivity (Wildman–Crippen MR) is 70.8 cm³/mol. The van der Waals surface area contributed by atoms with Crippen LogP contribution in [0.15, 0.2) is 18.2 Å². The average molecular weight is 297 g/mol. The third-order valence-corrected chi connectivity index (χ3v) is 3.54. The molecule has 0 aromatic heterocycles. The van der Waals surface area contributed by atoms with Gasteiger partial charge in [-0.15, -0.1) is 0 Å². The lowest BCUT2D eigenvalue weighted by atomic mass is 10.1. The smallest absolute Gasteiger partial charge is 0.326 e. The van der Waals surface area contributed by atoms with Crippen LogP contribution in [-0.4, -0.2) is 54.8 Å². The van der Waals surface area contributed by atoms with Crippen molar-refractivity contribution in [1.82, 2.24) is 4.90 Å². The highest BCUT2D eigenvalue weighted by Gasteiger charge is 2.40. The van der Waals surface area contributed by atoms with Gasteiger partial charge in [0.15, 0.2) is 11.6 Å². The number of ether oxygens (including phenoxy) is 2. The molecule has 1 aromatic carbocycles. The molecule has 0 aliphatic carbocycles. The summed E-state index contributed by atoms with van der Waals surface area (Å²) >= 11 is 0. The summed E-state index contributed by atoms with van der Waals surface area (Å²) in [7, 11) is 2.79. The number of benzene rings is 1. The Kier molecular flexibility index (Phi) is 4.42. The number of likely N-dealkylation sites (tertiary alicyclic amines) is 1. The number of carbonyl (C=O) groups excluding carboxylic acids is 1. The van der Waals surface area contributed by atoms with Crippen molar-refractivity contribution in [1.29, 1.82) is 0 Å². The van der Waals surface area contributed by atoms with E-state index in [0.29, 0.717) is 0 Å². The van der Waals surface area contributed by atoms with Crippen LogP contribution in [0, 0.1) is 5.82 Å². The Labute approximate surface area is 121 Å². The van der Waals surface area contributed by atoms with Gasteiger partial charge < -0.3 is 19.5 Å². The summed E-state index contributed by atoms with van der Waals surface area (Å²) in [6.45, 7) is 0.167. The molecule has 2 unspecified atom stereocenters. The fourth-order valence-electron chi connectivity index (χ4n) is 2.39. The third kappa shape index (κ3) is 2.97. The van der Waals surface area contributed by atoms with Gasteiger partial charge in [0.05, 0.1) is 13.2 Å². The quantitative estimate of drug-likeness (QED) is 0.902. The number of nitrogens with zero attached hydrogens (tertiary/aromatic N) is 1. The normalized spacial score (nSPS) is 21.4. The summed E-state index contributed by atoms with van der Waals surface area (Å²) in [6.07, 6.45) is -0.117. The van der Waals surface area contributed by atoms with E-state index in [1.165, 1.54) is 31.3 Å². The highest BCUT2D eigenvalue weighted by atomic mass is 19.1. The number of carboxylic acid groups (broad SMARTS) is 1. The Morgan fingerprint density at radius 2 is 2.10 bits per heavy atom.